The summed E-state index contributed by atoms with van der Waals surface area (Å²) >= 11 is 7.45. The van der Waals surface area contributed by atoms with Gasteiger partial charge >= 0.3 is 0 Å². The summed E-state index contributed by atoms with van der Waals surface area (Å²) in [5, 5.41) is 12.4. The zero-order valence-corrected chi connectivity index (χ0v) is 10.7. The van der Waals surface area contributed by atoms with Gasteiger partial charge < -0.3 is 10.4 Å². The second-order valence-electron chi connectivity index (χ2n) is 3.95. The summed E-state index contributed by atoms with van der Waals surface area (Å²) in [4.78, 5) is 1.24. The molecule has 1 rings (SSSR count). The first-order valence-corrected chi connectivity index (χ1v) is 6.41. The molecule has 2 nitrogen and oxygen atoms in total. The first-order chi connectivity index (χ1) is 7.13. The third-order valence-electron chi connectivity index (χ3n) is 2.41. The molecule has 1 unspecified atom stereocenters. The van der Waals surface area contributed by atoms with E-state index in [-0.39, 0.29) is 6.61 Å². The molecule has 1 atom stereocenters. The molecule has 0 fully saturated rings. The molecule has 2 N–H and O–H groups in total. The first kappa shape index (κ1) is 13.0. The molecule has 1 aromatic rings. The van der Waals surface area contributed by atoms with E-state index >= 15 is 0 Å². The van der Waals surface area contributed by atoms with Crippen LogP contribution in [-0.4, -0.2) is 17.8 Å². The summed E-state index contributed by atoms with van der Waals surface area (Å²) in [6.45, 7) is 5.39. The molecular formula is C11H18ClNOS. The fourth-order valence-corrected chi connectivity index (χ4v) is 2.53. The van der Waals surface area contributed by atoms with Gasteiger partial charge in [0.25, 0.3) is 0 Å². The van der Waals surface area contributed by atoms with Crippen molar-refractivity contribution in [3.63, 3.8) is 0 Å². The number of thiophene rings is 1. The van der Waals surface area contributed by atoms with Gasteiger partial charge in [-0.2, -0.15) is 0 Å². The zero-order valence-electron chi connectivity index (χ0n) is 9.16. The Morgan fingerprint density at radius 2 is 2.20 bits per heavy atom. The number of hydrogen-bond donors (Lipinski definition) is 2. The molecule has 0 radical (unpaired) electrons. The molecule has 0 amide bonds. The van der Waals surface area contributed by atoms with Crippen LogP contribution in [0, 0.1) is 5.92 Å². The van der Waals surface area contributed by atoms with Crippen LogP contribution in [0.4, 0.5) is 0 Å². The van der Waals surface area contributed by atoms with E-state index in [2.05, 4.69) is 19.2 Å². The Kier molecular flexibility index (Phi) is 5.61. The molecule has 0 aliphatic heterocycles. The van der Waals surface area contributed by atoms with Crippen LogP contribution in [0.5, 0.6) is 0 Å². The van der Waals surface area contributed by atoms with E-state index < -0.39 is 0 Å². The van der Waals surface area contributed by atoms with Crippen molar-refractivity contribution in [1.29, 1.82) is 0 Å². The molecule has 1 heterocycles. The second-order valence-corrected chi connectivity index (χ2v) is 5.75. The van der Waals surface area contributed by atoms with E-state index in [9.17, 15) is 0 Å². The molecule has 0 spiro atoms. The van der Waals surface area contributed by atoms with Crippen molar-refractivity contribution in [2.24, 2.45) is 5.92 Å². The predicted molar refractivity (Wildman–Crippen MR) is 66.5 cm³/mol. The summed E-state index contributed by atoms with van der Waals surface area (Å²) in [7, 11) is 0. The van der Waals surface area contributed by atoms with Gasteiger partial charge in [0.15, 0.2) is 0 Å². The number of hydrogen-bond acceptors (Lipinski definition) is 3. The number of aliphatic hydroxyl groups excluding tert-OH is 1. The molecule has 15 heavy (non-hydrogen) atoms. The molecule has 0 aliphatic rings. The lowest BCUT2D eigenvalue weighted by Gasteiger charge is -2.21. The van der Waals surface area contributed by atoms with Gasteiger partial charge in [-0.25, -0.2) is 0 Å². The van der Waals surface area contributed by atoms with Crippen LogP contribution in [0.25, 0.3) is 0 Å². The maximum Gasteiger partial charge on any atom is 0.0931 e. The quantitative estimate of drug-likeness (QED) is 0.810. The highest BCUT2D eigenvalue weighted by molar-refractivity contribution is 7.16. The minimum Gasteiger partial charge on any atom is -0.396 e. The van der Waals surface area contributed by atoms with Gasteiger partial charge in [0.2, 0.25) is 0 Å². The molecule has 0 aromatic carbocycles. The highest BCUT2D eigenvalue weighted by Crippen LogP contribution is 2.21. The van der Waals surface area contributed by atoms with Gasteiger partial charge in [-0.3, -0.25) is 0 Å². The Bertz CT molecular complexity index is 288. The van der Waals surface area contributed by atoms with Gasteiger partial charge in [-0.15, -0.1) is 11.3 Å². The third-order valence-corrected chi connectivity index (χ3v) is 3.64. The largest absolute Gasteiger partial charge is 0.396 e. The normalized spacial score (nSPS) is 13.4. The van der Waals surface area contributed by atoms with Crippen LogP contribution >= 0.6 is 22.9 Å². The maximum absolute atomic E-state index is 8.93. The van der Waals surface area contributed by atoms with E-state index in [0.717, 1.165) is 17.3 Å². The minimum absolute atomic E-state index is 0.237. The van der Waals surface area contributed by atoms with Crippen molar-refractivity contribution in [3.8, 4) is 0 Å². The maximum atomic E-state index is 8.93. The molecule has 0 saturated carbocycles. The molecule has 1 aromatic heterocycles. The number of nitrogens with one attached hydrogen (secondary N) is 1. The first-order valence-electron chi connectivity index (χ1n) is 5.22. The lowest BCUT2D eigenvalue weighted by molar-refractivity contribution is 0.244. The second kappa shape index (κ2) is 6.48. The van der Waals surface area contributed by atoms with Gasteiger partial charge in [-0.1, -0.05) is 25.4 Å². The van der Waals surface area contributed by atoms with Crippen LogP contribution in [0.15, 0.2) is 12.1 Å². The van der Waals surface area contributed by atoms with E-state index in [1.165, 1.54) is 4.88 Å². The average molecular weight is 248 g/mol. The fraction of sp³-hybridized carbons (Fsp3) is 0.636. The predicted octanol–water partition coefficient (Wildman–Crippen LogP) is 2.90. The van der Waals surface area contributed by atoms with Crippen LogP contribution in [0.2, 0.25) is 4.34 Å². The molecule has 4 heteroatoms. The van der Waals surface area contributed by atoms with Gasteiger partial charge in [-0.05, 0) is 24.5 Å². The summed E-state index contributed by atoms with van der Waals surface area (Å²) < 4.78 is 0.829. The molecule has 0 bridgehead atoms. The van der Waals surface area contributed by atoms with Gasteiger partial charge in [0, 0.05) is 24.1 Å². The summed E-state index contributed by atoms with van der Waals surface area (Å²) in [6.07, 6.45) is 0.802. The lowest BCUT2D eigenvalue weighted by atomic mass is 10.0. The SMILES string of the molecule is CC(C)C(CCO)NCc1ccc(Cl)s1. The average Bonchev–Trinajstić information content (AvgIpc) is 2.58. The van der Waals surface area contributed by atoms with Crippen LogP contribution in [-0.2, 0) is 6.54 Å². The summed E-state index contributed by atoms with van der Waals surface area (Å²) in [5.41, 5.74) is 0. The third kappa shape index (κ3) is 4.51. The minimum atomic E-state index is 0.237. The van der Waals surface area contributed by atoms with Crippen molar-refractivity contribution in [2.45, 2.75) is 32.9 Å². The number of halogens is 1. The van der Waals surface area contributed by atoms with Crippen LogP contribution in [0.1, 0.15) is 25.1 Å². The van der Waals surface area contributed by atoms with E-state index in [4.69, 9.17) is 16.7 Å². The van der Waals surface area contributed by atoms with Crippen molar-refractivity contribution >= 4 is 22.9 Å². The Hall–Kier alpha value is -0.0900. The zero-order chi connectivity index (χ0) is 11.3. The van der Waals surface area contributed by atoms with E-state index in [0.29, 0.717) is 12.0 Å². The molecule has 86 valence electrons. The summed E-state index contributed by atoms with van der Waals surface area (Å²) in [6, 6.07) is 4.33. The van der Waals surface area contributed by atoms with E-state index in [1.807, 2.05) is 12.1 Å². The fourth-order valence-electron chi connectivity index (χ4n) is 1.49. The van der Waals surface area contributed by atoms with Gasteiger partial charge in [0.1, 0.15) is 0 Å². The van der Waals surface area contributed by atoms with Crippen molar-refractivity contribution in [2.75, 3.05) is 6.61 Å². The van der Waals surface area contributed by atoms with Crippen LogP contribution in [0.3, 0.4) is 0 Å². The number of rotatable bonds is 6. The summed E-state index contributed by atoms with van der Waals surface area (Å²) in [5.74, 6) is 0.535. The Morgan fingerprint density at radius 3 is 2.67 bits per heavy atom. The number of aliphatic hydroxyl groups is 1. The van der Waals surface area contributed by atoms with Crippen molar-refractivity contribution in [3.05, 3.63) is 21.3 Å². The topological polar surface area (TPSA) is 32.3 Å². The lowest BCUT2D eigenvalue weighted by Crippen LogP contribution is -2.33. The van der Waals surface area contributed by atoms with E-state index in [1.54, 1.807) is 11.3 Å². The highest BCUT2D eigenvalue weighted by Gasteiger charge is 2.12. The van der Waals surface area contributed by atoms with Crippen molar-refractivity contribution in [1.82, 2.24) is 5.32 Å². The highest BCUT2D eigenvalue weighted by atomic mass is 35.5. The van der Waals surface area contributed by atoms with Gasteiger partial charge in [0.05, 0.1) is 4.34 Å². The standard InChI is InChI=1S/C11H18ClNOS/c1-8(2)10(5-6-14)13-7-9-3-4-11(12)15-9/h3-4,8,10,13-14H,5-7H2,1-2H3. The van der Waals surface area contributed by atoms with Crippen LogP contribution < -0.4 is 5.32 Å². The Morgan fingerprint density at radius 1 is 1.47 bits per heavy atom. The Labute approximate surface area is 100 Å². The monoisotopic (exact) mass is 247 g/mol. The molecule has 0 aliphatic carbocycles. The molecule has 0 saturated heterocycles. The van der Waals surface area contributed by atoms with Crippen molar-refractivity contribution < 1.29 is 5.11 Å². The molecular weight excluding hydrogens is 230 g/mol. The Balaban J connectivity index is 2.39. The smallest absolute Gasteiger partial charge is 0.0931 e.